The number of carbonyl (C=O) groups excluding carboxylic acids is 3. The Bertz CT molecular complexity index is 1990. The molecule has 2 aliphatic rings. The van der Waals surface area contributed by atoms with Crippen molar-refractivity contribution in [1.29, 1.82) is 0 Å². The van der Waals surface area contributed by atoms with Crippen molar-refractivity contribution >= 4 is 36.6 Å². The van der Waals surface area contributed by atoms with Crippen molar-refractivity contribution in [2.24, 2.45) is 0 Å². The summed E-state index contributed by atoms with van der Waals surface area (Å²) in [7, 11) is -2.86. The predicted molar refractivity (Wildman–Crippen MR) is 175 cm³/mol. The number of pyridine rings is 1. The van der Waals surface area contributed by atoms with E-state index in [4.69, 9.17) is 22.7 Å². The number of phosphoric acid groups is 1. The first kappa shape index (κ1) is 32.2. The van der Waals surface area contributed by atoms with Crippen LogP contribution >= 0.6 is 7.82 Å². The number of ether oxygens (including phenoxy) is 1. The first-order valence-corrected chi connectivity index (χ1v) is 16.8. The summed E-state index contributed by atoms with van der Waals surface area (Å²) in [5.41, 5.74) is 1.14. The molecular weight excluding hydrogens is 651 g/mol. The molecule has 1 fully saturated rings. The van der Waals surface area contributed by atoms with E-state index in [2.05, 4.69) is 10.3 Å². The quantitative estimate of drug-likeness (QED) is 0.120. The normalized spacial score (nSPS) is 17.5. The maximum absolute atomic E-state index is 14.4. The molecule has 1 N–H and O–H groups in total. The Labute approximate surface area is 280 Å². The van der Waals surface area contributed by atoms with Gasteiger partial charge >= 0.3 is 13.9 Å². The molecule has 0 bridgehead atoms. The molecule has 4 heterocycles. The molecule has 49 heavy (non-hydrogen) atoms. The number of imide groups is 1. The van der Waals surface area contributed by atoms with Gasteiger partial charge in [-0.3, -0.25) is 28.1 Å². The van der Waals surface area contributed by atoms with Gasteiger partial charge in [0, 0.05) is 29.9 Å². The lowest BCUT2D eigenvalue weighted by Gasteiger charge is -2.29. The zero-order valence-electron chi connectivity index (χ0n) is 26.3. The molecule has 2 aliphatic heterocycles. The van der Waals surface area contributed by atoms with Gasteiger partial charge in [0.05, 0.1) is 26.9 Å². The highest BCUT2D eigenvalue weighted by Gasteiger charge is 2.57. The van der Waals surface area contributed by atoms with Gasteiger partial charge in [-0.15, -0.1) is 0 Å². The molecule has 14 heteroatoms. The third-order valence-electron chi connectivity index (χ3n) is 8.35. The lowest BCUT2D eigenvalue weighted by molar-refractivity contribution is -0.135. The van der Waals surface area contributed by atoms with Gasteiger partial charge in [-0.05, 0) is 41.0 Å². The average Bonchev–Trinajstić information content (AvgIpc) is 3.78. The van der Waals surface area contributed by atoms with Crippen LogP contribution in [0.5, 0.6) is 5.75 Å². The Hall–Kier alpha value is -5.33. The molecule has 0 unspecified atom stereocenters. The van der Waals surface area contributed by atoms with E-state index in [1.54, 1.807) is 85.1 Å². The number of benzene rings is 3. The van der Waals surface area contributed by atoms with Gasteiger partial charge in [-0.1, -0.05) is 66.7 Å². The third kappa shape index (κ3) is 6.44. The third-order valence-corrected chi connectivity index (χ3v) is 9.67. The van der Waals surface area contributed by atoms with Crippen LogP contribution in [-0.4, -0.2) is 53.0 Å². The smallest absolute Gasteiger partial charge is 0.477 e. The van der Waals surface area contributed by atoms with Crippen LogP contribution in [-0.2, 0) is 48.2 Å². The topological polar surface area (TPSA) is 150 Å². The summed E-state index contributed by atoms with van der Waals surface area (Å²) in [6, 6.07) is 25.5. The Balaban J connectivity index is 1.16. The number of nitrogens with one attached hydrogen (secondary N) is 1. The zero-order valence-corrected chi connectivity index (χ0v) is 27.2. The zero-order chi connectivity index (χ0) is 34.0. The molecule has 0 radical (unpaired) electrons. The van der Waals surface area contributed by atoms with Crippen LogP contribution in [0.1, 0.15) is 32.8 Å². The van der Waals surface area contributed by atoms with Crippen molar-refractivity contribution in [3.8, 4) is 5.75 Å². The van der Waals surface area contributed by atoms with Crippen molar-refractivity contribution < 1.29 is 41.7 Å². The van der Waals surface area contributed by atoms with Crippen LogP contribution in [0.4, 0.5) is 4.79 Å². The first-order valence-electron chi connectivity index (χ1n) is 15.3. The number of methoxy groups -OCH3 is 1. The van der Waals surface area contributed by atoms with Gasteiger partial charge in [0.15, 0.2) is 5.54 Å². The summed E-state index contributed by atoms with van der Waals surface area (Å²) in [6.45, 7) is -1.11. The second-order valence-corrected chi connectivity index (χ2v) is 13.2. The molecule has 1 atom stereocenters. The van der Waals surface area contributed by atoms with Crippen LogP contribution < -0.4 is 10.1 Å². The number of nitrogens with zero attached hydrogens (tertiary/aromatic N) is 3. The van der Waals surface area contributed by atoms with Gasteiger partial charge in [-0.2, -0.15) is 0 Å². The summed E-state index contributed by atoms with van der Waals surface area (Å²) >= 11 is 0. The van der Waals surface area contributed by atoms with Crippen LogP contribution in [0.25, 0.3) is 11.0 Å². The second-order valence-electron chi connectivity index (χ2n) is 11.5. The number of carbonyl (C=O) groups is 3. The van der Waals surface area contributed by atoms with Gasteiger partial charge < -0.3 is 19.4 Å². The van der Waals surface area contributed by atoms with E-state index in [0.29, 0.717) is 33.4 Å². The minimum Gasteiger partial charge on any atom is -0.497 e. The Kier molecular flexibility index (Phi) is 8.74. The lowest BCUT2D eigenvalue weighted by atomic mass is 9.95. The first-order chi connectivity index (χ1) is 23.8. The van der Waals surface area contributed by atoms with E-state index in [1.165, 1.54) is 18.2 Å². The van der Waals surface area contributed by atoms with Crippen molar-refractivity contribution in [1.82, 2.24) is 20.1 Å². The molecule has 5 aromatic rings. The second kappa shape index (κ2) is 13.3. The molecule has 0 spiro atoms. The number of rotatable bonds is 13. The fourth-order valence-electron chi connectivity index (χ4n) is 5.77. The van der Waals surface area contributed by atoms with Gasteiger partial charge in [-0.25, -0.2) is 14.3 Å². The summed E-state index contributed by atoms with van der Waals surface area (Å²) in [5, 5.41) is 3.33. The molecular formula is C35H31N4O9P. The number of phosphoric ester groups is 1. The molecule has 0 saturated carbocycles. The molecule has 13 nitrogen and oxygen atoms in total. The Morgan fingerprint density at radius 3 is 2.24 bits per heavy atom. The maximum atomic E-state index is 14.4. The summed E-state index contributed by atoms with van der Waals surface area (Å²) in [6.07, 6.45) is 3.10. The van der Waals surface area contributed by atoms with Gasteiger partial charge in [0.25, 0.3) is 11.8 Å². The molecule has 250 valence electrons. The summed E-state index contributed by atoms with van der Waals surface area (Å²) in [5.74, 6) is -0.545. The van der Waals surface area contributed by atoms with Crippen LogP contribution in [0.2, 0.25) is 0 Å². The fourth-order valence-corrected chi connectivity index (χ4v) is 6.86. The standard InChI is InChI=1S/C35H31N4O9P/c1-44-28-13-12-26-19-38(32(40)29(26)17-28)22-35(31-16-27-18-36-15-14-30(27)48-31)33(41)39(34(42)37-35)23-47-49(43,45-20-24-8-4-2-5-9-24)46-21-25-10-6-3-7-11-25/h2-18H,19-23H2,1H3,(H,37,42)/t35-/m0/s1. The van der Waals surface area contributed by atoms with Crippen molar-refractivity contribution in [3.05, 3.63) is 131 Å². The van der Waals surface area contributed by atoms with Gasteiger partial charge in [0.2, 0.25) is 0 Å². The number of hydrogen-bond donors (Lipinski definition) is 1. The SMILES string of the molecule is COc1ccc2c(c1)C(=O)N(C[C@@]1(c3cc4cnccc4o3)NC(=O)N(COP(=O)(OCc3ccccc3)OCc3ccccc3)C1=O)C2. The van der Waals surface area contributed by atoms with Gasteiger partial charge in [0.1, 0.15) is 23.8 Å². The van der Waals surface area contributed by atoms with Crippen LogP contribution in [0.3, 0.4) is 0 Å². The summed E-state index contributed by atoms with van der Waals surface area (Å²) < 4.78 is 42.4. The molecule has 2 aromatic heterocycles. The highest BCUT2D eigenvalue weighted by atomic mass is 31.2. The molecule has 4 amide bonds. The maximum Gasteiger partial charge on any atom is 0.477 e. The average molecular weight is 683 g/mol. The molecule has 1 saturated heterocycles. The predicted octanol–water partition coefficient (Wildman–Crippen LogP) is 5.76. The number of urea groups is 1. The van der Waals surface area contributed by atoms with Crippen molar-refractivity contribution in [3.63, 3.8) is 0 Å². The molecule has 3 aromatic carbocycles. The van der Waals surface area contributed by atoms with E-state index < -0.39 is 32.0 Å². The lowest BCUT2D eigenvalue weighted by Crippen LogP contribution is -2.52. The number of fused-ring (bicyclic) bond motifs is 2. The highest BCUT2D eigenvalue weighted by Crippen LogP contribution is 2.51. The number of furan rings is 1. The largest absolute Gasteiger partial charge is 0.497 e. The van der Waals surface area contributed by atoms with Crippen LogP contribution in [0, 0.1) is 0 Å². The summed E-state index contributed by atoms with van der Waals surface area (Å²) in [4.78, 5) is 47.9. The highest BCUT2D eigenvalue weighted by molar-refractivity contribution is 7.48. The van der Waals surface area contributed by atoms with E-state index in [1.807, 2.05) is 12.1 Å². The van der Waals surface area contributed by atoms with Crippen molar-refractivity contribution in [2.75, 3.05) is 20.4 Å². The molecule has 7 rings (SSSR count). The number of amides is 4. The number of hydrogen-bond acceptors (Lipinski definition) is 10. The minimum absolute atomic E-state index is 0.0847. The van der Waals surface area contributed by atoms with E-state index >= 15 is 0 Å². The van der Waals surface area contributed by atoms with E-state index in [-0.39, 0.29) is 38.0 Å². The van der Waals surface area contributed by atoms with E-state index in [0.717, 1.165) is 10.5 Å². The fraction of sp³-hybridized carbons (Fsp3) is 0.200. The molecule has 0 aliphatic carbocycles. The van der Waals surface area contributed by atoms with Crippen molar-refractivity contribution in [2.45, 2.75) is 25.3 Å². The van der Waals surface area contributed by atoms with E-state index in [9.17, 15) is 18.9 Å². The Morgan fingerprint density at radius 2 is 1.59 bits per heavy atom. The van der Waals surface area contributed by atoms with Crippen LogP contribution in [0.15, 0.2) is 108 Å². The monoisotopic (exact) mass is 682 g/mol. The Morgan fingerprint density at radius 1 is 0.898 bits per heavy atom. The number of aromatic nitrogens is 1. The minimum atomic E-state index is -4.36.